The second kappa shape index (κ2) is 6.78. The van der Waals surface area contributed by atoms with Crippen molar-refractivity contribution in [3.63, 3.8) is 0 Å². The Labute approximate surface area is 132 Å². The molecule has 1 aliphatic rings. The van der Waals surface area contributed by atoms with Crippen LogP contribution >= 0.6 is 27.5 Å². The summed E-state index contributed by atoms with van der Waals surface area (Å²) >= 11 is 9.39. The zero-order valence-electron chi connectivity index (χ0n) is 11.3. The van der Waals surface area contributed by atoms with Crippen LogP contribution in [0.25, 0.3) is 0 Å². The first-order chi connectivity index (χ1) is 9.57. The van der Waals surface area contributed by atoms with Gasteiger partial charge in [0.25, 0.3) is 0 Å². The molecule has 0 unspecified atom stereocenters. The quantitative estimate of drug-likeness (QED) is 0.809. The number of halogens is 2. The second-order valence-corrected chi connectivity index (χ2v) is 6.07. The Balaban J connectivity index is 2.22. The molecule has 6 heteroatoms. The smallest absolute Gasteiger partial charge is 0.331 e. The molecule has 0 spiro atoms. The van der Waals surface area contributed by atoms with Gasteiger partial charge in [0.2, 0.25) is 0 Å². The van der Waals surface area contributed by atoms with Crippen molar-refractivity contribution in [1.29, 1.82) is 0 Å². The Hall–Kier alpha value is -0.780. The summed E-state index contributed by atoms with van der Waals surface area (Å²) in [4.78, 5) is 12.3. The van der Waals surface area contributed by atoms with E-state index in [-0.39, 0.29) is 5.97 Å². The lowest BCUT2D eigenvalue weighted by Crippen LogP contribution is -2.54. The third kappa shape index (κ3) is 3.45. The molecule has 0 bridgehead atoms. The van der Waals surface area contributed by atoms with E-state index in [1.54, 1.807) is 6.07 Å². The Kier molecular flexibility index (Phi) is 5.29. The van der Waals surface area contributed by atoms with Crippen molar-refractivity contribution in [3.05, 3.63) is 27.7 Å². The van der Waals surface area contributed by atoms with Crippen LogP contribution in [0.1, 0.15) is 19.8 Å². The summed E-state index contributed by atoms with van der Waals surface area (Å²) in [5.74, 6) is -0.187. The van der Waals surface area contributed by atoms with E-state index in [0.717, 1.165) is 23.2 Å². The predicted molar refractivity (Wildman–Crippen MR) is 84.2 cm³/mol. The van der Waals surface area contributed by atoms with E-state index in [1.165, 1.54) is 0 Å². The fourth-order valence-electron chi connectivity index (χ4n) is 2.35. The van der Waals surface area contributed by atoms with Crippen molar-refractivity contribution in [2.75, 3.05) is 25.0 Å². The summed E-state index contributed by atoms with van der Waals surface area (Å²) < 4.78 is 6.05. The number of ether oxygens (including phenoxy) is 1. The molecule has 1 saturated heterocycles. The average Bonchev–Trinajstić information content (AvgIpc) is 2.44. The summed E-state index contributed by atoms with van der Waals surface area (Å²) in [6.07, 6.45) is 1.40. The Morgan fingerprint density at radius 3 is 2.80 bits per heavy atom. The van der Waals surface area contributed by atoms with Gasteiger partial charge in [-0.3, -0.25) is 0 Å². The third-order valence-electron chi connectivity index (χ3n) is 3.43. The summed E-state index contributed by atoms with van der Waals surface area (Å²) in [5, 5.41) is 7.25. The first-order valence-corrected chi connectivity index (χ1v) is 7.86. The second-order valence-electron chi connectivity index (χ2n) is 4.81. The average molecular weight is 362 g/mol. The molecule has 0 atom stereocenters. The minimum atomic E-state index is -0.658. The Morgan fingerprint density at radius 1 is 1.50 bits per heavy atom. The molecule has 0 aliphatic carbocycles. The van der Waals surface area contributed by atoms with Gasteiger partial charge in [-0.2, -0.15) is 0 Å². The van der Waals surface area contributed by atoms with E-state index < -0.39 is 5.54 Å². The van der Waals surface area contributed by atoms with Crippen LogP contribution in [0.4, 0.5) is 5.69 Å². The molecule has 0 aromatic heterocycles. The monoisotopic (exact) mass is 360 g/mol. The van der Waals surface area contributed by atoms with Gasteiger partial charge in [-0.25, -0.2) is 4.79 Å². The van der Waals surface area contributed by atoms with Gasteiger partial charge in [0.1, 0.15) is 5.54 Å². The summed E-state index contributed by atoms with van der Waals surface area (Å²) in [7, 11) is 0. The van der Waals surface area contributed by atoms with Crippen molar-refractivity contribution < 1.29 is 9.53 Å². The van der Waals surface area contributed by atoms with Crippen molar-refractivity contribution in [2.45, 2.75) is 25.3 Å². The number of hydrogen-bond donors (Lipinski definition) is 2. The molecule has 20 heavy (non-hydrogen) atoms. The molecule has 1 aromatic carbocycles. The molecular formula is C14H18BrClN2O2. The summed E-state index contributed by atoms with van der Waals surface area (Å²) in [5.41, 5.74) is 0.199. The van der Waals surface area contributed by atoms with Crippen molar-refractivity contribution in [2.24, 2.45) is 0 Å². The fraction of sp³-hybridized carbons (Fsp3) is 0.500. The molecule has 110 valence electrons. The van der Waals surface area contributed by atoms with Gasteiger partial charge >= 0.3 is 5.97 Å². The molecule has 0 amide bonds. The van der Waals surface area contributed by atoms with Crippen LogP contribution in [0.3, 0.4) is 0 Å². The number of esters is 1. The summed E-state index contributed by atoms with van der Waals surface area (Å²) in [6, 6.07) is 5.55. The maximum atomic E-state index is 12.3. The first-order valence-electron chi connectivity index (χ1n) is 6.68. The molecular weight excluding hydrogens is 344 g/mol. The third-order valence-corrected chi connectivity index (χ3v) is 4.64. The number of carbonyl (C=O) groups is 1. The van der Waals surface area contributed by atoms with Crippen LogP contribution < -0.4 is 10.6 Å². The van der Waals surface area contributed by atoms with Crippen LogP contribution in [-0.4, -0.2) is 31.2 Å². The Bertz CT molecular complexity index is 490. The molecule has 4 nitrogen and oxygen atoms in total. The van der Waals surface area contributed by atoms with Gasteiger partial charge in [-0.15, -0.1) is 0 Å². The Morgan fingerprint density at radius 2 is 2.20 bits per heavy atom. The van der Waals surface area contributed by atoms with E-state index in [1.807, 2.05) is 19.1 Å². The molecule has 2 rings (SSSR count). The van der Waals surface area contributed by atoms with Crippen LogP contribution in [0, 0.1) is 0 Å². The highest BCUT2D eigenvalue weighted by molar-refractivity contribution is 9.10. The number of piperidine rings is 1. The van der Waals surface area contributed by atoms with E-state index in [0.29, 0.717) is 24.5 Å². The van der Waals surface area contributed by atoms with Crippen molar-refractivity contribution in [1.82, 2.24) is 5.32 Å². The predicted octanol–water partition coefficient (Wildman–Crippen LogP) is 3.20. The van der Waals surface area contributed by atoms with E-state index in [2.05, 4.69) is 26.6 Å². The first kappa shape index (κ1) is 15.6. The van der Waals surface area contributed by atoms with Crippen molar-refractivity contribution >= 4 is 39.2 Å². The van der Waals surface area contributed by atoms with Crippen LogP contribution in [-0.2, 0) is 9.53 Å². The van der Waals surface area contributed by atoms with Gasteiger partial charge < -0.3 is 15.4 Å². The van der Waals surface area contributed by atoms with E-state index in [4.69, 9.17) is 16.3 Å². The lowest BCUT2D eigenvalue weighted by molar-refractivity contribution is -0.149. The van der Waals surface area contributed by atoms with Crippen LogP contribution in [0.15, 0.2) is 22.7 Å². The SMILES string of the molecule is CCOC(=O)C1(Nc2ccc(Cl)c(Br)c2)CCNCC1. The zero-order chi connectivity index (χ0) is 14.6. The number of carbonyl (C=O) groups excluding carboxylic acids is 1. The molecule has 2 N–H and O–H groups in total. The molecule has 0 radical (unpaired) electrons. The normalized spacial score (nSPS) is 17.6. The standard InChI is InChI=1S/C14H18BrClN2O2/c1-2-20-13(19)14(5-7-17-8-6-14)18-10-3-4-12(16)11(15)9-10/h3-4,9,17-18H,2,5-8H2,1H3. The van der Waals surface area contributed by atoms with E-state index in [9.17, 15) is 4.79 Å². The van der Waals surface area contributed by atoms with Gasteiger partial charge in [0.15, 0.2) is 0 Å². The number of rotatable bonds is 4. The van der Waals surface area contributed by atoms with Gasteiger partial charge in [0, 0.05) is 10.2 Å². The fourth-order valence-corrected chi connectivity index (χ4v) is 2.85. The highest BCUT2D eigenvalue weighted by atomic mass is 79.9. The molecule has 1 heterocycles. The minimum Gasteiger partial charge on any atom is -0.464 e. The van der Waals surface area contributed by atoms with Crippen molar-refractivity contribution in [3.8, 4) is 0 Å². The number of nitrogens with one attached hydrogen (secondary N) is 2. The van der Waals surface area contributed by atoms with Gasteiger partial charge in [0.05, 0.1) is 11.6 Å². The lowest BCUT2D eigenvalue weighted by Gasteiger charge is -2.36. The largest absolute Gasteiger partial charge is 0.464 e. The molecule has 1 aromatic rings. The number of benzene rings is 1. The highest BCUT2D eigenvalue weighted by Crippen LogP contribution is 2.30. The van der Waals surface area contributed by atoms with Gasteiger partial charge in [-0.1, -0.05) is 11.6 Å². The van der Waals surface area contributed by atoms with Crippen LogP contribution in [0.2, 0.25) is 5.02 Å². The lowest BCUT2D eigenvalue weighted by atomic mass is 9.88. The van der Waals surface area contributed by atoms with Crippen LogP contribution in [0.5, 0.6) is 0 Å². The number of hydrogen-bond acceptors (Lipinski definition) is 4. The molecule has 0 saturated carbocycles. The minimum absolute atomic E-state index is 0.187. The molecule has 1 aliphatic heterocycles. The zero-order valence-corrected chi connectivity index (χ0v) is 13.7. The number of anilines is 1. The summed E-state index contributed by atoms with van der Waals surface area (Å²) in [6.45, 7) is 3.80. The maximum Gasteiger partial charge on any atom is 0.331 e. The topological polar surface area (TPSA) is 50.4 Å². The van der Waals surface area contributed by atoms with Gasteiger partial charge in [-0.05, 0) is 67.0 Å². The van der Waals surface area contributed by atoms with E-state index >= 15 is 0 Å². The highest BCUT2D eigenvalue weighted by Gasteiger charge is 2.41. The molecule has 1 fully saturated rings. The maximum absolute atomic E-state index is 12.3.